The van der Waals surface area contributed by atoms with E-state index in [1.165, 1.54) is 5.56 Å². The van der Waals surface area contributed by atoms with Crippen LogP contribution in [-0.2, 0) is 6.42 Å². The number of aryl methyl sites for hydroxylation is 1. The van der Waals surface area contributed by atoms with Crippen LogP contribution in [0.1, 0.15) is 36.8 Å². The highest BCUT2D eigenvalue weighted by atomic mass is 19.1. The van der Waals surface area contributed by atoms with Gasteiger partial charge in [-0.1, -0.05) is 29.8 Å². The van der Waals surface area contributed by atoms with Gasteiger partial charge in [-0.15, -0.1) is 0 Å². The molecule has 1 nitrogen and oxygen atoms in total. The average Bonchev–Trinajstić information content (AvgIpc) is 2.23. The zero-order valence-corrected chi connectivity index (χ0v) is 9.88. The van der Waals surface area contributed by atoms with Gasteiger partial charge >= 0.3 is 0 Å². The Labute approximate surface area is 96.9 Å². The Hall–Kier alpha value is -0.890. The zero-order valence-electron chi connectivity index (χ0n) is 9.88. The molecule has 0 radical (unpaired) electrons. The maximum Gasteiger partial charge on any atom is 0.115 e. The molecule has 0 bridgehead atoms. The number of halogens is 1. The summed E-state index contributed by atoms with van der Waals surface area (Å²) in [6.45, 7) is 2.05. The van der Waals surface area contributed by atoms with Crippen molar-refractivity contribution in [3.8, 4) is 0 Å². The van der Waals surface area contributed by atoms with E-state index < -0.39 is 5.67 Å². The molecule has 1 saturated carbocycles. The first kappa shape index (κ1) is 11.6. The number of benzene rings is 1. The molecule has 0 aromatic heterocycles. The van der Waals surface area contributed by atoms with E-state index >= 15 is 0 Å². The van der Waals surface area contributed by atoms with E-state index in [9.17, 15) is 4.39 Å². The highest BCUT2D eigenvalue weighted by Gasteiger charge is 2.34. The van der Waals surface area contributed by atoms with E-state index in [0.717, 1.165) is 18.4 Å². The van der Waals surface area contributed by atoms with Crippen molar-refractivity contribution in [1.29, 1.82) is 0 Å². The molecule has 0 spiro atoms. The standard InChI is InChI=1S/C14H20FN/c1-11-3-2-4-12(9-11)10-14(15)7-5-13(16)6-8-14/h2-4,9,13H,5-8,10,16H2,1H3. The van der Waals surface area contributed by atoms with Crippen LogP contribution >= 0.6 is 0 Å². The first-order valence-electron chi connectivity index (χ1n) is 6.07. The molecule has 1 fully saturated rings. The third-order valence-corrected chi connectivity index (χ3v) is 3.53. The largest absolute Gasteiger partial charge is 0.328 e. The molecule has 0 amide bonds. The van der Waals surface area contributed by atoms with Crippen molar-refractivity contribution in [3.63, 3.8) is 0 Å². The molecule has 0 aliphatic heterocycles. The van der Waals surface area contributed by atoms with Gasteiger partial charge in [0.25, 0.3) is 0 Å². The van der Waals surface area contributed by atoms with Crippen molar-refractivity contribution in [2.75, 3.05) is 0 Å². The number of hydrogen-bond donors (Lipinski definition) is 1. The lowest BCUT2D eigenvalue weighted by Gasteiger charge is -2.32. The second-order valence-corrected chi connectivity index (χ2v) is 5.15. The van der Waals surface area contributed by atoms with E-state index in [4.69, 9.17) is 5.73 Å². The van der Waals surface area contributed by atoms with Gasteiger partial charge in [0.05, 0.1) is 0 Å². The Morgan fingerprint density at radius 3 is 2.69 bits per heavy atom. The predicted octanol–water partition coefficient (Wildman–Crippen LogP) is 3.15. The van der Waals surface area contributed by atoms with Crippen LogP contribution in [-0.4, -0.2) is 11.7 Å². The Kier molecular flexibility index (Phi) is 3.29. The fourth-order valence-corrected chi connectivity index (χ4v) is 2.52. The normalized spacial score (nSPS) is 30.3. The summed E-state index contributed by atoms with van der Waals surface area (Å²) >= 11 is 0. The molecule has 0 unspecified atom stereocenters. The third-order valence-electron chi connectivity index (χ3n) is 3.53. The van der Waals surface area contributed by atoms with Crippen LogP contribution in [0, 0.1) is 6.92 Å². The van der Waals surface area contributed by atoms with Crippen LogP contribution in [0.2, 0.25) is 0 Å². The van der Waals surface area contributed by atoms with Crippen molar-refractivity contribution in [1.82, 2.24) is 0 Å². The maximum atomic E-state index is 14.5. The molecular formula is C14H20FN. The summed E-state index contributed by atoms with van der Waals surface area (Å²) in [5.74, 6) is 0. The third kappa shape index (κ3) is 2.82. The molecular weight excluding hydrogens is 201 g/mol. The Morgan fingerprint density at radius 1 is 1.38 bits per heavy atom. The first-order chi connectivity index (χ1) is 7.57. The van der Waals surface area contributed by atoms with Gasteiger partial charge in [-0.05, 0) is 38.2 Å². The minimum Gasteiger partial charge on any atom is -0.328 e. The lowest BCUT2D eigenvalue weighted by atomic mass is 9.80. The fourth-order valence-electron chi connectivity index (χ4n) is 2.52. The van der Waals surface area contributed by atoms with Crippen LogP contribution < -0.4 is 5.73 Å². The quantitative estimate of drug-likeness (QED) is 0.815. The lowest BCUT2D eigenvalue weighted by Crippen LogP contribution is -2.37. The molecule has 16 heavy (non-hydrogen) atoms. The maximum absolute atomic E-state index is 14.5. The summed E-state index contributed by atoms with van der Waals surface area (Å²) in [6.07, 6.45) is 3.41. The van der Waals surface area contributed by atoms with Crippen LogP contribution in [0.4, 0.5) is 4.39 Å². The van der Waals surface area contributed by atoms with Gasteiger partial charge in [0, 0.05) is 12.5 Å². The van der Waals surface area contributed by atoms with Crippen molar-refractivity contribution >= 4 is 0 Å². The molecule has 1 aliphatic rings. The van der Waals surface area contributed by atoms with Crippen molar-refractivity contribution in [3.05, 3.63) is 35.4 Å². The van der Waals surface area contributed by atoms with E-state index in [2.05, 4.69) is 6.07 Å². The van der Waals surface area contributed by atoms with Crippen molar-refractivity contribution in [2.45, 2.75) is 50.7 Å². The van der Waals surface area contributed by atoms with E-state index in [1.54, 1.807) is 0 Å². The first-order valence-corrected chi connectivity index (χ1v) is 6.07. The monoisotopic (exact) mass is 221 g/mol. The van der Waals surface area contributed by atoms with Gasteiger partial charge in [0.2, 0.25) is 0 Å². The Morgan fingerprint density at radius 2 is 2.06 bits per heavy atom. The topological polar surface area (TPSA) is 26.0 Å². The molecule has 88 valence electrons. The summed E-state index contributed by atoms with van der Waals surface area (Å²) in [5, 5.41) is 0. The van der Waals surface area contributed by atoms with E-state index in [-0.39, 0.29) is 6.04 Å². The van der Waals surface area contributed by atoms with Crippen LogP contribution in [0.25, 0.3) is 0 Å². The fraction of sp³-hybridized carbons (Fsp3) is 0.571. The summed E-state index contributed by atoms with van der Waals surface area (Å²) in [4.78, 5) is 0. The Bertz CT molecular complexity index is 354. The number of rotatable bonds is 2. The summed E-state index contributed by atoms with van der Waals surface area (Å²) in [7, 11) is 0. The molecule has 2 heteroatoms. The molecule has 1 aromatic carbocycles. The van der Waals surface area contributed by atoms with Crippen LogP contribution in [0.5, 0.6) is 0 Å². The smallest absolute Gasteiger partial charge is 0.115 e. The Balaban J connectivity index is 2.03. The molecule has 0 atom stereocenters. The van der Waals surface area contributed by atoms with Crippen LogP contribution in [0.3, 0.4) is 0 Å². The molecule has 1 aliphatic carbocycles. The number of nitrogens with two attached hydrogens (primary N) is 1. The van der Waals surface area contributed by atoms with Gasteiger partial charge in [-0.3, -0.25) is 0 Å². The number of hydrogen-bond acceptors (Lipinski definition) is 1. The molecule has 1 aromatic rings. The van der Waals surface area contributed by atoms with Crippen molar-refractivity contribution < 1.29 is 4.39 Å². The summed E-state index contributed by atoms with van der Waals surface area (Å²) < 4.78 is 14.5. The van der Waals surface area contributed by atoms with Gasteiger partial charge in [0.1, 0.15) is 5.67 Å². The SMILES string of the molecule is Cc1cccc(CC2(F)CCC(N)CC2)c1. The van der Waals surface area contributed by atoms with Gasteiger partial charge < -0.3 is 5.73 Å². The van der Waals surface area contributed by atoms with Crippen molar-refractivity contribution in [2.24, 2.45) is 5.73 Å². The summed E-state index contributed by atoms with van der Waals surface area (Å²) in [5.41, 5.74) is 7.09. The lowest BCUT2D eigenvalue weighted by molar-refractivity contribution is 0.0995. The molecule has 2 N–H and O–H groups in total. The zero-order chi connectivity index (χ0) is 11.6. The second-order valence-electron chi connectivity index (χ2n) is 5.15. The van der Waals surface area contributed by atoms with E-state index in [0.29, 0.717) is 19.3 Å². The highest BCUT2D eigenvalue weighted by molar-refractivity contribution is 5.23. The molecule has 2 rings (SSSR count). The minimum atomic E-state index is -1.02. The second kappa shape index (κ2) is 4.54. The van der Waals surface area contributed by atoms with Gasteiger partial charge in [-0.2, -0.15) is 0 Å². The predicted molar refractivity (Wildman–Crippen MR) is 65.2 cm³/mol. The van der Waals surface area contributed by atoms with Gasteiger partial charge in [0.15, 0.2) is 0 Å². The van der Waals surface area contributed by atoms with Gasteiger partial charge in [-0.25, -0.2) is 4.39 Å². The number of alkyl halides is 1. The average molecular weight is 221 g/mol. The van der Waals surface area contributed by atoms with Crippen LogP contribution in [0.15, 0.2) is 24.3 Å². The highest BCUT2D eigenvalue weighted by Crippen LogP contribution is 2.34. The molecule has 0 saturated heterocycles. The van der Waals surface area contributed by atoms with E-state index in [1.807, 2.05) is 25.1 Å². The summed E-state index contributed by atoms with van der Waals surface area (Å²) in [6, 6.07) is 8.35. The molecule has 0 heterocycles. The minimum absolute atomic E-state index is 0.210.